The Balaban J connectivity index is 2.04. The molecule has 0 aromatic carbocycles. The topological polar surface area (TPSA) is 39.7 Å². The van der Waals surface area contributed by atoms with Gasteiger partial charge in [-0.2, -0.15) is 11.8 Å². The average Bonchev–Trinajstić information content (AvgIpc) is 2.42. The minimum Gasteiger partial charge on any atom is -0.356 e. The lowest BCUT2D eigenvalue weighted by Gasteiger charge is -2.26. The molecule has 5 heteroatoms. The number of hydrogen-bond acceptors (Lipinski definition) is 3. The van der Waals surface area contributed by atoms with Crippen molar-refractivity contribution in [3.05, 3.63) is 0 Å². The summed E-state index contributed by atoms with van der Waals surface area (Å²) in [5.41, 5.74) is 0. The Kier molecular flexibility index (Phi) is 9.12. The van der Waals surface area contributed by atoms with Crippen LogP contribution < -0.4 is 10.6 Å². The molecule has 0 aromatic heterocycles. The molecule has 0 bridgehead atoms. The van der Waals surface area contributed by atoms with Crippen molar-refractivity contribution in [3.63, 3.8) is 0 Å². The van der Waals surface area contributed by atoms with Crippen LogP contribution in [0.5, 0.6) is 0 Å². The van der Waals surface area contributed by atoms with Gasteiger partial charge in [0.1, 0.15) is 0 Å². The third kappa shape index (κ3) is 7.11. The summed E-state index contributed by atoms with van der Waals surface area (Å²) in [4.78, 5) is 6.78. The summed E-state index contributed by atoms with van der Waals surface area (Å²) in [7, 11) is 1.84. The van der Waals surface area contributed by atoms with Crippen molar-refractivity contribution in [3.8, 4) is 0 Å². The van der Waals surface area contributed by atoms with Crippen molar-refractivity contribution in [2.75, 3.05) is 51.8 Å². The van der Waals surface area contributed by atoms with E-state index < -0.39 is 0 Å². The van der Waals surface area contributed by atoms with E-state index in [-0.39, 0.29) is 0 Å². The first-order valence-corrected chi connectivity index (χ1v) is 8.42. The number of hydrogen-bond donors (Lipinski definition) is 2. The second-order valence-electron chi connectivity index (χ2n) is 4.67. The van der Waals surface area contributed by atoms with Crippen LogP contribution in [0.15, 0.2) is 4.99 Å². The zero-order chi connectivity index (χ0) is 13.1. The van der Waals surface area contributed by atoms with Crippen LogP contribution in [0.4, 0.5) is 0 Å². The van der Waals surface area contributed by atoms with Crippen LogP contribution in [-0.2, 0) is 0 Å². The number of piperidine rings is 1. The van der Waals surface area contributed by atoms with Crippen molar-refractivity contribution in [1.29, 1.82) is 0 Å². The van der Waals surface area contributed by atoms with Gasteiger partial charge in [0, 0.05) is 26.7 Å². The predicted molar refractivity (Wildman–Crippen MR) is 82.7 cm³/mol. The van der Waals surface area contributed by atoms with Gasteiger partial charge in [-0.3, -0.25) is 4.99 Å². The van der Waals surface area contributed by atoms with E-state index in [1.807, 2.05) is 18.8 Å². The van der Waals surface area contributed by atoms with Gasteiger partial charge in [-0.1, -0.05) is 6.42 Å². The van der Waals surface area contributed by atoms with Gasteiger partial charge in [0.05, 0.1) is 0 Å². The predicted octanol–water partition coefficient (Wildman–Crippen LogP) is 1.39. The van der Waals surface area contributed by atoms with Crippen LogP contribution >= 0.6 is 11.8 Å². The van der Waals surface area contributed by atoms with Gasteiger partial charge < -0.3 is 15.5 Å². The highest BCUT2D eigenvalue weighted by atomic mass is 32.2. The average molecular weight is 272 g/mol. The maximum Gasteiger partial charge on any atom is 0.191 e. The Labute approximate surface area is 116 Å². The summed E-state index contributed by atoms with van der Waals surface area (Å²) in [6, 6.07) is 0. The van der Waals surface area contributed by atoms with Gasteiger partial charge in [0.25, 0.3) is 0 Å². The number of thioether (sulfide) groups is 1. The number of nitrogens with one attached hydrogen (secondary N) is 2. The summed E-state index contributed by atoms with van der Waals surface area (Å²) in [6.07, 6.45) is 7.46. The number of nitrogens with zero attached hydrogens (tertiary/aromatic N) is 2. The smallest absolute Gasteiger partial charge is 0.191 e. The van der Waals surface area contributed by atoms with Gasteiger partial charge in [0.15, 0.2) is 5.96 Å². The van der Waals surface area contributed by atoms with E-state index in [0.717, 1.165) is 25.6 Å². The van der Waals surface area contributed by atoms with Gasteiger partial charge in [-0.25, -0.2) is 0 Å². The van der Waals surface area contributed by atoms with Crippen LogP contribution in [0.1, 0.15) is 25.7 Å². The fourth-order valence-electron chi connectivity index (χ4n) is 2.16. The summed E-state index contributed by atoms with van der Waals surface area (Å²) < 4.78 is 0. The molecule has 0 unspecified atom stereocenters. The Bertz CT molecular complexity index is 227. The molecule has 0 aromatic rings. The fourth-order valence-corrected chi connectivity index (χ4v) is 2.59. The summed E-state index contributed by atoms with van der Waals surface area (Å²) in [5.74, 6) is 2.14. The second-order valence-corrected chi connectivity index (χ2v) is 5.66. The van der Waals surface area contributed by atoms with Crippen molar-refractivity contribution >= 4 is 17.7 Å². The third-order valence-electron chi connectivity index (χ3n) is 3.21. The van der Waals surface area contributed by atoms with Crippen LogP contribution in [0.2, 0.25) is 0 Å². The molecule has 1 aliphatic heterocycles. The minimum absolute atomic E-state index is 0.938. The van der Waals surface area contributed by atoms with E-state index >= 15 is 0 Å². The number of rotatable bonds is 7. The van der Waals surface area contributed by atoms with Crippen molar-refractivity contribution in [2.24, 2.45) is 4.99 Å². The SMILES string of the molecule is CN=C(NCCCSC)NCCN1CCCCC1. The van der Waals surface area contributed by atoms with Gasteiger partial charge >= 0.3 is 0 Å². The maximum absolute atomic E-state index is 4.24. The molecule has 0 aliphatic carbocycles. The van der Waals surface area contributed by atoms with Gasteiger partial charge in [0.2, 0.25) is 0 Å². The monoisotopic (exact) mass is 272 g/mol. The van der Waals surface area contributed by atoms with Crippen molar-refractivity contribution in [2.45, 2.75) is 25.7 Å². The quantitative estimate of drug-likeness (QED) is 0.417. The minimum atomic E-state index is 0.938. The molecule has 0 radical (unpaired) electrons. The van der Waals surface area contributed by atoms with E-state index in [2.05, 4.69) is 26.8 Å². The molecule has 0 atom stereocenters. The van der Waals surface area contributed by atoms with Crippen molar-refractivity contribution in [1.82, 2.24) is 15.5 Å². The molecule has 18 heavy (non-hydrogen) atoms. The first-order valence-electron chi connectivity index (χ1n) is 7.02. The standard InChI is InChI=1S/C13H28N4S/c1-14-13(15-7-6-12-18-2)16-8-11-17-9-4-3-5-10-17/h3-12H2,1-2H3,(H2,14,15,16). The summed E-state index contributed by atoms with van der Waals surface area (Å²) >= 11 is 1.89. The van der Waals surface area contributed by atoms with Crippen LogP contribution in [0.3, 0.4) is 0 Å². The molecular weight excluding hydrogens is 244 g/mol. The largest absolute Gasteiger partial charge is 0.356 e. The Hall–Kier alpha value is -0.420. The Morgan fingerprint density at radius 1 is 1.17 bits per heavy atom. The molecule has 1 fully saturated rings. The van der Waals surface area contributed by atoms with E-state index in [0.29, 0.717) is 0 Å². The molecule has 2 N–H and O–H groups in total. The normalized spacial score (nSPS) is 17.8. The molecule has 106 valence electrons. The zero-order valence-corrected chi connectivity index (χ0v) is 12.7. The number of guanidine groups is 1. The van der Waals surface area contributed by atoms with Gasteiger partial charge in [-0.15, -0.1) is 0 Å². The lowest BCUT2D eigenvalue weighted by molar-refractivity contribution is 0.232. The second kappa shape index (κ2) is 10.5. The molecule has 0 saturated carbocycles. The maximum atomic E-state index is 4.24. The Morgan fingerprint density at radius 3 is 2.56 bits per heavy atom. The first kappa shape index (κ1) is 15.6. The highest BCUT2D eigenvalue weighted by molar-refractivity contribution is 7.98. The molecule has 1 rings (SSSR count). The molecular formula is C13H28N4S. The van der Waals surface area contributed by atoms with Gasteiger partial charge in [-0.05, 0) is 44.4 Å². The molecule has 4 nitrogen and oxygen atoms in total. The molecule has 0 amide bonds. The summed E-state index contributed by atoms with van der Waals surface area (Å²) in [5, 5.41) is 6.73. The highest BCUT2D eigenvalue weighted by Gasteiger charge is 2.09. The first-order chi connectivity index (χ1) is 8.86. The fraction of sp³-hybridized carbons (Fsp3) is 0.923. The lowest BCUT2D eigenvalue weighted by atomic mass is 10.1. The number of aliphatic imine (C=N–C) groups is 1. The highest BCUT2D eigenvalue weighted by Crippen LogP contribution is 2.07. The van der Waals surface area contributed by atoms with E-state index in [9.17, 15) is 0 Å². The third-order valence-corrected chi connectivity index (χ3v) is 3.91. The molecule has 0 spiro atoms. The van der Waals surface area contributed by atoms with E-state index in [1.54, 1.807) is 0 Å². The van der Waals surface area contributed by atoms with E-state index in [4.69, 9.17) is 0 Å². The summed E-state index contributed by atoms with van der Waals surface area (Å²) in [6.45, 7) is 5.65. The molecule has 1 aliphatic rings. The van der Waals surface area contributed by atoms with Crippen LogP contribution in [0, 0.1) is 0 Å². The van der Waals surface area contributed by atoms with Crippen molar-refractivity contribution < 1.29 is 0 Å². The lowest BCUT2D eigenvalue weighted by Crippen LogP contribution is -2.42. The van der Waals surface area contributed by atoms with Crippen LogP contribution in [0.25, 0.3) is 0 Å². The van der Waals surface area contributed by atoms with E-state index in [1.165, 1.54) is 44.5 Å². The number of likely N-dealkylation sites (tertiary alicyclic amines) is 1. The van der Waals surface area contributed by atoms with Crippen LogP contribution in [-0.4, -0.2) is 62.6 Å². The zero-order valence-electron chi connectivity index (χ0n) is 11.9. The molecule has 1 saturated heterocycles. The molecule has 1 heterocycles. The Morgan fingerprint density at radius 2 is 1.89 bits per heavy atom.